The number of nitrogens with zero attached hydrogens (tertiary/aromatic N) is 2. The topological polar surface area (TPSA) is 52.7 Å². The zero-order valence-electron chi connectivity index (χ0n) is 18.7. The Morgan fingerprint density at radius 1 is 0.933 bits per heavy atom. The Morgan fingerprint density at radius 3 is 2.37 bits per heavy atom. The molecule has 1 saturated heterocycles. The number of benzene rings is 1. The summed E-state index contributed by atoms with van der Waals surface area (Å²) in [6.45, 7) is 4.91. The number of amides is 3. The van der Waals surface area contributed by atoms with E-state index in [2.05, 4.69) is 24.4 Å². The summed E-state index contributed by atoms with van der Waals surface area (Å²) in [7, 11) is 0. The molecule has 166 valence electrons. The number of nitrogens with one attached hydrogen (secondary N) is 1. The van der Waals surface area contributed by atoms with Gasteiger partial charge in [-0.1, -0.05) is 57.6 Å². The van der Waals surface area contributed by atoms with E-state index in [1.807, 2.05) is 21.9 Å². The Morgan fingerprint density at radius 2 is 1.63 bits per heavy atom. The molecule has 0 atom stereocenters. The van der Waals surface area contributed by atoms with E-state index in [0.29, 0.717) is 26.1 Å². The van der Waals surface area contributed by atoms with Gasteiger partial charge >= 0.3 is 6.03 Å². The zero-order valence-corrected chi connectivity index (χ0v) is 18.7. The van der Waals surface area contributed by atoms with E-state index in [1.54, 1.807) is 0 Å². The lowest BCUT2D eigenvalue weighted by molar-refractivity contribution is -0.131. The molecule has 1 aromatic rings. The van der Waals surface area contributed by atoms with E-state index in [-0.39, 0.29) is 11.9 Å². The van der Waals surface area contributed by atoms with Gasteiger partial charge in [-0.15, -0.1) is 0 Å². The molecule has 0 spiro atoms. The molecule has 0 aromatic heterocycles. The summed E-state index contributed by atoms with van der Waals surface area (Å²) >= 11 is 0. The van der Waals surface area contributed by atoms with Gasteiger partial charge in [0.15, 0.2) is 0 Å². The fourth-order valence-electron chi connectivity index (χ4n) is 4.67. The number of carbonyl (C=O) groups is 2. The van der Waals surface area contributed by atoms with E-state index in [0.717, 1.165) is 37.4 Å². The van der Waals surface area contributed by atoms with Crippen molar-refractivity contribution in [1.29, 1.82) is 0 Å². The SMILES string of the molecule is CCCCc1ccc(NC(=O)N2CCCN(C(=O)CCC3CCCCC3)CC2)cc1. The van der Waals surface area contributed by atoms with Crippen molar-refractivity contribution in [3.05, 3.63) is 29.8 Å². The van der Waals surface area contributed by atoms with E-state index < -0.39 is 0 Å². The quantitative estimate of drug-likeness (QED) is 0.646. The van der Waals surface area contributed by atoms with Crippen molar-refractivity contribution in [3.63, 3.8) is 0 Å². The third-order valence-electron chi connectivity index (χ3n) is 6.65. The Bertz CT molecular complexity index is 667. The molecular weight excluding hydrogens is 374 g/mol. The lowest BCUT2D eigenvalue weighted by Gasteiger charge is -2.24. The third-order valence-corrected chi connectivity index (χ3v) is 6.65. The molecule has 30 heavy (non-hydrogen) atoms. The number of rotatable bonds is 7. The number of hydrogen-bond acceptors (Lipinski definition) is 2. The lowest BCUT2D eigenvalue weighted by Crippen LogP contribution is -2.39. The minimum Gasteiger partial charge on any atom is -0.341 e. The molecule has 1 aromatic carbocycles. The van der Waals surface area contributed by atoms with Gasteiger partial charge in [-0.3, -0.25) is 4.79 Å². The second-order valence-corrected chi connectivity index (χ2v) is 8.99. The maximum absolute atomic E-state index is 12.7. The first-order chi connectivity index (χ1) is 14.7. The van der Waals surface area contributed by atoms with Gasteiger partial charge in [-0.25, -0.2) is 4.79 Å². The van der Waals surface area contributed by atoms with Crippen LogP contribution in [0, 0.1) is 5.92 Å². The molecule has 3 rings (SSSR count). The van der Waals surface area contributed by atoms with Crippen LogP contribution in [-0.4, -0.2) is 47.9 Å². The lowest BCUT2D eigenvalue weighted by atomic mass is 9.86. The highest BCUT2D eigenvalue weighted by Crippen LogP contribution is 2.27. The summed E-state index contributed by atoms with van der Waals surface area (Å²) in [5.41, 5.74) is 2.15. The molecular formula is C25H39N3O2. The predicted molar refractivity (Wildman–Crippen MR) is 123 cm³/mol. The van der Waals surface area contributed by atoms with E-state index in [9.17, 15) is 9.59 Å². The van der Waals surface area contributed by atoms with Crippen LogP contribution in [-0.2, 0) is 11.2 Å². The second kappa shape index (κ2) is 12.0. The highest BCUT2D eigenvalue weighted by Gasteiger charge is 2.23. The van der Waals surface area contributed by atoms with Crippen molar-refractivity contribution >= 4 is 17.6 Å². The highest BCUT2D eigenvalue weighted by atomic mass is 16.2. The Labute approximate surface area is 182 Å². The number of hydrogen-bond donors (Lipinski definition) is 1. The molecule has 1 aliphatic carbocycles. The van der Waals surface area contributed by atoms with Crippen LogP contribution in [0.15, 0.2) is 24.3 Å². The molecule has 2 fully saturated rings. The Kier molecular flexibility index (Phi) is 9.03. The molecule has 3 amide bonds. The standard InChI is InChI=1S/C25H39N3O2/c1-2-3-8-22-11-14-23(15-12-22)26-25(30)28-18-7-17-27(19-20-28)24(29)16-13-21-9-5-4-6-10-21/h11-12,14-15,21H,2-10,13,16-20H2,1H3,(H,26,30). The summed E-state index contributed by atoms with van der Waals surface area (Å²) in [6, 6.07) is 8.11. The van der Waals surface area contributed by atoms with Gasteiger partial charge in [0.2, 0.25) is 5.91 Å². The van der Waals surface area contributed by atoms with Crippen LogP contribution in [0.4, 0.5) is 10.5 Å². The molecule has 0 bridgehead atoms. The number of unbranched alkanes of at least 4 members (excludes halogenated alkanes) is 1. The van der Waals surface area contributed by atoms with Gasteiger partial charge in [0.25, 0.3) is 0 Å². The van der Waals surface area contributed by atoms with Crippen LogP contribution < -0.4 is 5.32 Å². The number of aryl methyl sites for hydroxylation is 1. The molecule has 5 heteroatoms. The van der Waals surface area contributed by atoms with Crippen LogP contribution in [0.5, 0.6) is 0 Å². The van der Waals surface area contributed by atoms with Crippen molar-refractivity contribution in [2.24, 2.45) is 5.92 Å². The van der Waals surface area contributed by atoms with Crippen LogP contribution >= 0.6 is 0 Å². The summed E-state index contributed by atoms with van der Waals surface area (Å²) in [4.78, 5) is 29.2. The first-order valence-electron chi connectivity index (χ1n) is 12.1. The fraction of sp³-hybridized carbons (Fsp3) is 0.680. The second-order valence-electron chi connectivity index (χ2n) is 8.99. The van der Waals surface area contributed by atoms with Gasteiger partial charge in [0.05, 0.1) is 0 Å². The molecule has 0 unspecified atom stereocenters. The van der Waals surface area contributed by atoms with Gasteiger partial charge < -0.3 is 15.1 Å². The maximum Gasteiger partial charge on any atom is 0.321 e. The average Bonchev–Trinajstić information content (AvgIpc) is 3.04. The van der Waals surface area contributed by atoms with Gasteiger partial charge in [-0.2, -0.15) is 0 Å². The summed E-state index contributed by atoms with van der Waals surface area (Å²) < 4.78 is 0. The first-order valence-corrected chi connectivity index (χ1v) is 12.1. The molecule has 1 heterocycles. The normalized spacial score (nSPS) is 18.2. The maximum atomic E-state index is 12.7. The zero-order chi connectivity index (χ0) is 21.2. The van der Waals surface area contributed by atoms with Crippen molar-refractivity contribution in [1.82, 2.24) is 9.80 Å². The van der Waals surface area contributed by atoms with Crippen LogP contribution in [0.1, 0.15) is 76.7 Å². The van der Waals surface area contributed by atoms with Gasteiger partial charge in [0.1, 0.15) is 0 Å². The first kappa shape index (κ1) is 22.6. The van der Waals surface area contributed by atoms with E-state index >= 15 is 0 Å². The van der Waals surface area contributed by atoms with Crippen molar-refractivity contribution in [2.45, 2.75) is 77.6 Å². The summed E-state index contributed by atoms with van der Waals surface area (Å²) in [5.74, 6) is 1.01. The molecule has 1 aliphatic heterocycles. The van der Waals surface area contributed by atoms with Crippen LogP contribution in [0.2, 0.25) is 0 Å². The Balaban J connectivity index is 1.42. The molecule has 5 nitrogen and oxygen atoms in total. The summed E-state index contributed by atoms with van der Waals surface area (Å²) in [5, 5.41) is 3.02. The summed E-state index contributed by atoms with van der Waals surface area (Å²) in [6.07, 6.45) is 12.6. The number of urea groups is 1. The van der Waals surface area contributed by atoms with Crippen molar-refractivity contribution in [3.8, 4) is 0 Å². The molecule has 2 aliphatic rings. The molecule has 1 N–H and O–H groups in total. The van der Waals surface area contributed by atoms with Crippen molar-refractivity contribution < 1.29 is 9.59 Å². The van der Waals surface area contributed by atoms with E-state index in [4.69, 9.17) is 0 Å². The van der Waals surface area contributed by atoms with Gasteiger partial charge in [0, 0.05) is 38.3 Å². The van der Waals surface area contributed by atoms with Gasteiger partial charge in [-0.05, 0) is 49.3 Å². The minimum absolute atomic E-state index is 0.0622. The fourth-order valence-corrected chi connectivity index (χ4v) is 4.67. The number of anilines is 1. The van der Waals surface area contributed by atoms with Crippen LogP contribution in [0.3, 0.4) is 0 Å². The van der Waals surface area contributed by atoms with Crippen molar-refractivity contribution in [2.75, 3.05) is 31.5 Å². The monoisotopic (exact) mass is 413 g/mol. The highest BCUT2D eigenvalue weighted by molar-refractivity contribution is 5.89. The predicted octanol–water partition coefficient (Wildman–Crippen LogP) is 5.46. The van der Waals surface area contributed by atoms with Crippen LogP contribution in [0.25, 0.3) is 0 Å². The molecule has 1 saturated carbocycles. The minimum atomic E-state index is -0.0622. The smallest absolute Gasteiger partial charge is 0.321 e. The Hall–Kier alpha value is -2.04. The average molecular weight is 414 g/mol. The largest absolute Gasteiger partial charge is 0.341 e. The molecule has 0 radical (unpaired) electrons. The third kappa shape index (κ3) is 7.03. The van der Waals surface area contributed by atoms with E-state index in [1.165, 1.54) is 50.5 Å². The number of carbonyl (C=O) groups excluding carboxylic acids is 2.